The summed E-state index contributed by atoms with van der Waals surface area (Å²) in [6.45, 7) is 0. The molecule has 2 aromatic rings. The van der Waals surface area contributed by atoms with Gasteiger partial charge in [0.1, 0.15) is 5.15 Å². The average Bonchev–Trinajstić information content (AvgIpc) is 2.17. The van der Waals surface area contributed by atoms with Crippen LogP contribution in [0.1, 0.15) is 0 Å². The second-order valence-corrected chi connectivity index (χ2v) is 5.19. The fourth-order valence-corrected chi connectivity index (χ4v) is 2.50. The summed E-state index contributed by atoms with van der Waals surface area (Å²) < 4.78 is 0.539. The van der Waals surface area contributed by atoms with Crippen LogP contribution >= 0.6 is 62.3 Å². The predicted molar refractivity (Wildman–Crippen MR) is 69.5 cm³/mol. The Hall–Kier alpha value is 0.270. The van der Waals surface area contributed by atoms with E-state index < -0.39 is 0 Å². The number of hydrogen-bond donors (Lipinski definition) is 0. The van der Waals surface area contributed by atoms with Gasteiger partial charge in [-0.05, 0) is 28.1 Å². The third-order valence-corrected chi connectivity index (χ3v) is 4.25. The summed E-state index contributed by atoms with van der Waals surface area (Å²) in [4.78, 5) is 4.12. The van der Waals surface area contributed by atoms with Gasteiger partial charge in [0.2, 0.25) is 0 Å². The van der Waals surface area contributed by atoms with Gasteiger partial charge < -0.3 is 0 Å². The SMILES string of the molecule is Clc1cc(Cl)c2nc(Cl)c(Br)c(Cl)c2c1. The number of hydrogen-bond acceptors (Lipinski definition) is 1. The molecule has 6 heteroatoms. The Labute approximate surface area is 114 Å². The minimum Gasteiger partial charge on any atom is -0.233 e. The van der Waals surface area contributed by atoms with E-state index >= 15 is 0 Å². The van der Waals surface area contributed by atoms with Crippen molar-refractivity contribution in [3.63, 3.8) is 0 Å². The monoisotopic (exact) mass is 343 g/mol. The molecular weight excluding hydrogens is 344 g/mol. The van der Waals surface area contributed by atoms with Crippen LogP contribution in [0.2, 0.25) is 20.2 Å². The number of fused-ring (bicyclic) bond motifs is 1. The lowest BCUT2D eigenvalue weighted by Crippen LogP contribution is -1.85. The number of halogens is 5. The average molecular weight is 346 g/mol. The van der Waals surface area contributed by atoms with Gasteiger partial charge in [-0.15, -0.1) is 0 Å². The van der Waals surface area contributed by atoms with E-state index in [4.69, 9.17) is 46.4 Å². The maximum Gasteiger partial charge on any atom is 0.145 e. The van der Waals surface area contributed by atoms with Crippen molar-refractivity contribution >= 4 is 73.2 Å². The largest absolute Gasteiger partial charge is 0.233 e. The summed E-state index contributed by atoms with van der Waals surface area (Å²) in [5.41, 5.74) is 0.541. The predicted octanol–water partition coefficient (Wildman–Crippen LogP) is 5.61. The molecule has 0 radical (unpaired) electrons. The summed E-state index contributed by atoms with van der Waals surface area (Å²) in [7, 11) is 0. The Morgan fingerprint density at radius 2 is 1.73 bits per heavy atom. The molecule has 0 fully saturated rings. The van der Waals surface area contributed by atoms with Gasteiger partial charge in [-0.1, -0.05) is 46.4 Å². The first-order chi connectivity index (χ1) is 7.00. The standard InChI is InChI=1S/C9H2BrCl4N/c10-6-7(13)4-1-3(11)2-5(12)8(4)15-9(6)14/h1-2H. The summed E-state index contributed by atoms with van der Waals surface area (Å²) in [5.74, 6) is 0. The van der Waals surface area contributed by atoms with Gasteiger partial charge in [-0.25, -0.2) is 4.98 Å². The van der Waals surface area contributed by atoms with Gasteiger partial charge >= 0.3 is 0 Å². The normalized spacial score (nSPS) is 11.0. The quantitative estimate of drug-likeness (QED) is 0.565. The van der Waals surface area contributed by atoms with Crippen molar-refractivity contribution in [1.82, 2.24) is 4.98 Å². The number of aromatic nitrogens is 1. The summed E-state index contributed by atoms with van der Waals surface area (Å²) in [6.07, 6.45) is 0. The van der Waals surface area contributed by atoms with Crippen molar-refractivity contribution in [2.24, 2.45) is 0 Å². The van der Waals surface area contributed by atoms with E-state index in [0.29, 0.717) is 30.4 Å². The molecule has 0 unspecified atom stereocenters. The van der Waals surface area contributed by atoms with Gasteiger partial charge in [0.05, 0.1) is 20.0 Å². The first-order valence-corrected chi connectivity index (χ1v) is 6.10. The fraction of sp³-hybridized carbons (Fsp3) is 0. The van der Waals surface area contributed by atoms with E-state index in [-0.39, 0.29) is 5.15 Å². The van der Waals surface area contributed by atoms with Crippen LogP contribution in [-0.2, 0) is 0 Å². The van der Waals surface area contributed by atoms with Crippen molar-refractivity contribution < 1.29 is 0 Å². The molecule has 0 N–H and O–H groups in total. The first kappa shape index (κ1) is 11.7. The fourth-order valence-electron chi connectivity index (χ4n) is 1.20. The maximum atomic E-state index is 6.09. The number of rotatable bonds is 0. The molecule has 1 heterocycles. The zero-order chi connectivity index (χ0) is 11.2. The highest BCUT2D eigenvalue weighted by molar-refractivity contribution is 9.10. The van der Waals surface area contributed by atoms with E-state index in [9.17, 15) is 0 Å². The highest BCUT2D eigenvalue weighted by Gasteiger charge is 2.12. The zero-order valence-electron chi connectivity index (χ0n) is 6.99. The van der Waals surface area contributed by atoms with Crippen molar-refractivity contribution in [3.05, 3.63) is 36.8 Å². The van der Waals surface area contributed by atoms with Crippen LogP contribution in [0.25, 0.3) is 10.9 Å². The lowest BCUT2D eigenvalue weighted by atomic mass is 10.2. The number of benzene rings is 1. The van der Waals surface area contributed by atoms with Crippen molar-refractivity contribution in [1.29, 1.82) is 0 Å². The highest BCUT2D eigenvalue weighted by Crippen LogP contribution is 2.38. The van der Waals surface area contributed by atoms with Crippen LogP contribution < -0.4 is 0 Å². The molecule has 2 rings (SSSR count). The maximum absolute atomic E-state index is 6.09. The third-order valence-electron chi connectivity index (χ3n) is 1.85. The molecule has 1 aromatic carbocycles. The molecule has 0 saturated carbocycles. The molecule has 0 aliphatic carbocycles. The van der Waals surface area contributed by atoms with Gasteiger partial charge in [-0.2, -0.15) is 0 Å². The van der Waals surface area contributed by atoms with E-state index in [1.54, 1.807) is 12.1 Å². The van der Waals surface area contributed by atoms with Crippen molar-refractivity contribution in [3.8, 4) is 0 Å². The Kier molecular flexibility index (Phi) is 3.34. The molecule has 78 valence electrons. The van der Waals surface area contributed by atoms with Gasteiger partial charge in [0.15, 0.2) is 0 Å². The first-order valence-electron chi connectivity index (χ1n) is 3.80. The molecule has 1 aromatic heterocycles. The zero-order valence-corrected chi connectivity index (χ0v) is 11.6. The molecule has 0 saturated heterocycles. The van der Waals surface area contributed by atoms with Crippen LogP contribution in [-0.4, -0.2) is 4.98 Å². The third kappa shape index (κ3) is 2.06. The summed E-state index contributed by atoms with van der Waals surface area (Å²) in [5, 5.41) is 2.33. The molecule has 0 amide bonds. The summed E-state index contributed by atoms with van der Waals surface area (Å²) >= 11 is 27.0. The minimum atomic E-state index is 0.275. The van der Waals surface area contributed by atoms with E-state index in [0.717, 1.165) is 0 Å². The van der Waals surface area contributed by atoms with Crippen LogP contribution in [0.4, 0.5) is 0 Å². The smallest absolute Gasteiger partial charge is 0.145 e. The van der Waals surface area contributed by atoms with Crippen LogP contribution in [0.3, 0.4) is 0 Å². The number of pyridine rings is 1. The van der Waals surface area contributed by atoms with Crippen LogP contribution in [0.5, 0.6) is 0 Å². The molecule has 0 bridgehead atoms. The highest BCUT2D eigenvalue weighted by atomic mass is 79.9. The van der Waals surface area contributed by atoms with Crippen LogP contribution in [0, 0.1) is 0 Å². The van der Waals surface area contributed by atoms with Crippen LogP contribution in [0.15, 0.2) is 16.6 Å². The Morgan fingerprint density at radius 1 is 1.07 bits per heavy atom. The minimum absolute atomic E-state index is 0.275. The molecule has 15 heavy (non-hydrogen) atoms. The second-order valence-electron chi connectivity index (χ2n) is 2.81. The summed E-state index contributed by atoms with van der Waals surface area (Å²) in [6, 6.07) is 3.29. The van der Waals surface area contributed by atoms with E-state index in [2.05, 4.69) is 20.9 Å². The Morgan fingerprint density at radius 3 is 2.40 bits per heavy atom. The molecule has 0 aliphatic rings. The molecule has 1 nitrogen and oxygen atoms in total. The Bertz CT molecular complexity index is 556. The molecule has 0 spiro atoms. The second kappa shape index (κ2) is 4.27. The van der Waals surface area contributed by atoms with Gasteiger partial charge in [-0.3, -0.25) is 0 Å². The molecular formula is C9H2BrCl4N. The molecule has 0 aliphatic heterocycles. The van der Waals surface area contributed by atoms with E-state index in [1.165, 1.54) is 0 Å². The molecule has 0 atom stereocenters. The van der Waals surface area contributed by atoms with Crippen molar-refractivity contribution in [2.75, 3.05) is 0 Å². The lowest BCUT2D eigenvalue weighted by molar-refractivity contribution is 1.39. The van der Waals surface area contributed by atoms with E-state index in [1.807, 2.05) is 0 Å². The Balaban J connectivity index is 2.98. The lowest BCUT2D eigenvalue weighted by Gasteiger charge is -2.06. The topological polar surface area (TPSA) is 12.9 Å². The van der Waals surface area contributed by atoms with Gasteiger partial charge in [0, 0.05) is 10.4 Å². The van der Waals surface area contributed by atoms with Crippen molar-refractivity contribution in [2.45, 2.75) is 0 Å². The number of nitrogens with zero attached hydrogens (tertiary/aromatic N) is 1. The van der Waals surface area contributed by atoms with Gasteiger partial charge in [0.25, 0.3) is 0 Å².